The van der Waals surface area contributed by atoms with Gasteiger partial charge < -0.3 is 25.5 Å². The zero-order valence-electron chi connectivity index (χ0n) is 23.2. The minimum absolute atomic E-state index is 0.0185. The van der Waals surface area contributed by atoms with Crippen LogP contribution in [-0.4, -0.2) is 59.2 Å². The molecule has 3 atom stereocenters. The number of carboxylic acid groups (broad SMARTS) is 1. The second-order valence-electron chi connectivity index (χ2n) is 11.0. The van der Waals surface area contributed by atoms with Crippen LogP contribution in [0.15, 0.2) is 65.8 Å². The van der Waals surface area contributed by atoms with Crippen LogP contribution in [0.4, 0.5) is 10.1 Å². The summed E-state index contributed by atoms with van der Waals surface area (Å²) in [6, 6.07) is 15.6. The van der Waals surface area contributed by atoms with Crippen molar-refractivity contribution in [2.24, 2.45) is 10.9 Å². The highest BCUT2D eigenvalue weighted by molar-refractivity contribution is 6.31. The third-order valence-corrected chi connectivity index (χ3v) is 8.77. The number of amides is 2. The third-order valence-electron chi connectivity index (χ3n) is 8.47. The number of rotatable bonds is 6. The molecule has 9 nitrogen and oxygen atoms in total. The van der Waals surface area contributed by atoms with Crippen molar-refractivity contribution in [1.82, 2.24) is 4.90 Å². The van der Waals surface area contributed by atoms with E-state index >= 15 is 0 Å². The van der Waals surface area contributed by atoms with Crippen LogP contribution in [0.3, 0.4) is 0 Å². The van der Waals surface area contributed by atoms with E-state index in [1.807, 2.05) is 12.1 Å². The topological polar surface area (TPSA) is 126 Å². The quantitative estimate of drug-likeness (QED) is 0.414. The molecule has 0 spiro atoms. The van der Waals surface area contributed by atoms with Crippen LogP contribution in [0.25, 0.3) is 0 Å². The number of piperidine rings is 1. The van der Waals surface area contributed by atoms with E-state index < -0.39 is 41.7 Å². The lowest BCUT2D eigenvalue weighted by Crippen LogP contribution is -2.51. The van der Waals surface area contributed by atoms with E-state index in [-0.39, 0.29) is 34.8 Å². The Balaban J connectivity index is 1.43. The molecule has 3 heterocycles. The highest BCUT2D eigenvalue weighted by Crippen LogP contribution is 2.46. The number of carbonyl (C=O) groups excluding carboxylic acids is 2. The van der Waals surface area contributed by atoms with Crippen molar-refractivity contribution in [3.8, 4) is 0 Å². The maximum absolute atomic E-state index is 14.7. The molecule has 0 bridgehead atoms. The monoisotopic (exact) mass is 604 g/mol. The number of anilines is 1. The van der Waals surface area contributed by atoms with Crippen LogP contribution < -0.4 is 10.6 Å². The van der Waals surface area contributed by atoms with Gasteiger partial charge in [-0.15, -0.1) is 0 Å². The molecule has 222 valence electrons. The molecule has 3 aliphatic rings. The minimum atomic E-state index is -1.14. The van der Waals surface area contributed by atoms with Crippen molar-refractivity contribution in [1.29, 1.82) is 0 Å². The molecule has 2 amide bonds. The summed E-state index contributed by atoms with van der Waals surface area (Å²) in [5.74, 6) is -3.63. The fourth-order valence-electron chi connectivity index (χ4n) is 6.51. The summed E-state index contributed by atoms with van der Waals surface area (Å²) in [5, 5.41) is 14.0. The Hall–Kier alpha value is -4.44. The molecule has 3 aliphatic heterocycles. The first-order valence-electron chi connectivity index (χ1n) is 14.2. The van der Waals surface area contributed by atoms with Crippen molar-refractivity contribution in [3.63, 3.8) is 0 Å². The highest BCUT2D eigenvalue weighted by atomic mass is 35.5. The molecule has 1 unspecified atom stereocenters. The molecular weight excluding hydrogens is 575 g/mol. The molecule has 0 aromatic heterocycles. The zero-order chi connectivity index (χ0) is 30.2. The van der Waals surface area contributed by atoms with E-state index in [1.54, 1.807) is 30.3 Å². The Bertz CT molecular complexity index is 1640. The van der Waals surface area contributed by atoms with Gasteiger partial charge in [-0.3, -0.25) is 9.59 Å². The molecule has 1 saturated heterocycles. The third kappa shape index (κ3) is 5.20. The molecule has 0 saturated carbocycles. The first kappa shape index (κ1) is 28.7. The van der Waals surface area contributed by atoms with Gasteiger partial charge in [0.2, 0.25) is 12.0 Å². The number of oxime groups is 1. The summed E-state index contributed by atoms with van der Waals surface area (Å²) in [5.41, 5.74) is 9.18. The lowest BCUT2D eigenvalue weighted by molar-refractivity contribution is -0.149. The number of carbonyl (C=O) groups is 3. The Morgan fingerprint density at radius 3 is 2.44 bits per heavy atom. The molecule has 0 radical (unpaired) electrons. The lowest BCUT2D eigenvalue weighted by Gasteiger charge is -2.43. The Kier molecular flexibility index (Phi) is 7.79. The highest BCUT2D eigenvalue weighted by Gasteiger charge is 2.45. The van der Waals surface area contributed by atoms with Gasteiger partial charge in [-0.05, 0) is 60.2 Å². The van der Waals surface area contributed by atoms with Crippen molar-refractivity contribution < 1.29 is 28.7 Å². The number of primary amides is 1. The van der Waals surface area contributed by atoms with E-state index in [2.05, 4.69) is 10.1 Å². The normalized spacial score (nSPS) is 21.5. The number of nitrogens with zero attached hydrogens (tertiary/aromatic N) is 3. The fraction of sp³-hybridized carbons (Fsp3) is 0.312. The van der Waals surface area contributed by atoms with Gasteiger partial charge in [0, 0.05) is 43.2 Å². The van der Waals surface area contributed by atoms with Gasteiger partial charge in [0.15, 0.2) is 5.82 Å². The second kappa shape index (κ2) is 11.7. The maximum Gasteiger partial charge on any atom is 0.335 e. The van der Waals surface area contributed by atoms with Crippen LogP contribution in [0.5, 0.6) is 0 Å². The summed E-state index contributed by atoms with van der Waals surface area (Å²) >= 11 is 5.95. The predicted octanol–water partition coefficient (Wildman–Crippen LogP) is 4.86. The molecule has 3 aromatic carbocycles. The number of benzene rings is 3. The van der Waals surface area contributed by atoms with E-state index in [1.165, 1.54) is 23.1 Å². The van der Waals surface area contributed by atoms with Gasteiger partial charge in [-0.2, -0.15) is 0 Å². The number of aromatic carboxylic acids is 1. The first-order valence-corrected chi connectivity index (χ1v) is 14.6. The SMILES string of the molecule is NC(=O)[C@H]1c2cccc(N3CCCCC3)c2C(c2ccccc2C(=O)O)CN1C(=O)[C@H]1CC(c2cccc(Cl)c2F)=NO1. The maximum atomic E-state index is 14.7. The number of carboxylic acids is 1. The molecule has 3 aromatic rings. The van der Waals surface area contributed by atoms with E-state index in [0.717, 1.165) is 43.6 Å². The van der Waals surface area contributed by atoms with Gasteiger partial charge in [-0.25, -0.2) is 9.18 Å². The van der Waals surface area contributed by atoms with E-state index in [9.17, 15) is 23.9 Å². The molecule has 6 rings (SSSR count). The first-order chi connectivity index (χ1) is 20.8. The van der Waals surface area contributed by atoms with Crippen LogP contribution in [0.1, 0.15) is 70.3 Å². The summed E-state index contributed by atoms with van der Waals surface area (Å²) in [6.45, 7) is 1.63. The fourth-order valence-corrected chi connectivity index (χ4v) is 6.69. The van der Waals surface area contributed by atoms with Gasteiger partial charge in [0.1, 0.15) is 6.04 Å². The average molecular weight is 605 g/mol. The summed E-state index contributed by atoms with van der Waals surface area (Å²) in [6.07, 6.45) is 1.96. The standard InChI is InChI=1S/C32H30ClFN4O5/c33-23-12-6-10-20(28(23)34)24-16-26(43-36-24)31(40)38-17-22(18-8-2-3-9-19(18)32(41)42)27-21(29(38)30(35)39)11-7-13-25(27)37-14-4-1-5-15-37/h2-3,6-13,22,26,29H,1,4-5,14-17H2,(H2,35,39)(H,41,42)/t22?,26-,29-/m1/s1. The Labute approximate surface area is 252 Å². The van der Waals surface area contributed by atoms with Gasteiger partial charge >= 0.3 is 5.97 Å². The molecular formula is C32H30ClFN4O5. The largest absolute Gasteiger partial charge is 0.478 e. The predicted molar refractivity (Wildman–Crippen MR) is 159 cm³/mol. The molecule has 43 heavy (non-hydrogen) atoms. The number of hydrogen-bond donors (Lipinski definition) is 2. The van der Waals surface area contributed by atoms with Crippen molar-refractivity contribution in [2.75, 3.05) is 24.5 Å². The van der Waals surface area contributed by atoms with Gasteiger partial charge in [-0.1, -0.05) is 53.2 Å². The van der Waals surface area contributed by atoms with Crippen molar-refractivity contribution in [3.05, 3.63) is 99.3 Å². The van der Waals surface area contributed by atoms with Gasteiger partial charge in [0.25, 0.3) is 5.91 Å². The number of fused-ring (bicyclic) bond motifs is 1. The summed E-state index contributed by atoms with van der Waals surface area (Å²) < 4.78 is 14.7. The van der Waals surface area contributed by atoms with Crippen LogP contribution in [-0.2, 0) is 14.4 Å². The van der Waals surface area contributed by atoms with Crippen LogP contribution in [0.2, 0.25) is 5.02 Å². The molecule has 0 aliphatic carbocycles. The van der Waals surface area contributed by atoms with Crippen molar-refractivity contribution in [2.45, 2.75) is 43.7 Å². The smallest absolute Gasteiger partial charge is 0.335 e. The van der Waals surface area contributed by atoms with E-state index in [0.29, 0.717) is 11.1 Å². The van der Waals surface area contributed by atoms with Gasteiger partial charge in [0.05, 0.1) is 16.3 Å². The summed E-state index contributed by atoms with van der Waals surface area (Å²) in [7, 11) is 0. The van der Waals surface area contributed by atoms with Crippen LogP contribution >= 0.6 is 11.6 Å². The van der Waals surface area contributed by atoms with Crippen LogP contribution in [0, 0.1) is 5.82 Å². The molecule has 1 fully saturated rings. The Morgan fingerprint density at radius 1 is 0.977 bits per heavy atom. The minimum Gasteiger partial charge on any atom is -0.478 e. The average Bonchev–Trinajstić information content (AvgIpc) is 3.51. The van der Waals surface area contributed by atoms with Crippen molar-refractivity contribution >= 4 is 40.8 Å². The molecule has 11 heteroatoms. The zero-order valence-corrected chi connectivity index (χ0v) is 24.0. The number of hydrogen-bond acceptors (Lipinski definition) is 6. The number of nitrogens with two attached hydrogens (primary N) is 1. The Morgan fingerprint density at radius 2 is 1.70 bits per heavy atom. The number of halogens is 2. The molecule has 3 N–H and O–H groups in total. The summed E-state index contributed by atoms with van der Waals surface area (Å²) in [4.78, 5) is 48.7. The van der Waals surface area contributed by atoms with E-state index in [4.69, 9.17) is 22.2 Å². The lowest BCUT2D eigenvalue weighted by atomic mass is 9.78. The second-order valence-corrected chi connectivity index (χ2v) is 11.4.